The fourth-order valence-corrected chi connectivity index (χ4v) is 2.39. The van der Waals surface area contributed by atoms with Crippen molar-refractivity contribution in [2.24, 2.45) is 5.10 Å². The molecule has 1 N–H and O–H groups in total. The summed E-state index contributed by atoms with van der Waals surface area (Å²) >= 11 is 0. The van der Waals surface area contributed by atoms with Gasteiger partial charge in [-0.3, -0.25) is 10.4 Å². The van der Waals surface area contributed by atoms with Crippen molar-refractivity contribution in [3.05, 3.63) is 84.2 Å². The molecule has 0 fully saturated rings. The molecule has 0 saturated carbocycles. The Morgan fingerprint density at radius 2 is 1.77 bits per heavy atom. The summed E-state index contributed by atoms with van der Waals surface area (Å²) in [7, 11) is 1.65. The molecular weight excluding hydrogens is 326 g/mol. The van der Waals surface area contributed by atoms with Crippen molar-refractivity contribution in [3.8, 4) is 11.5 Å². The van der Waals surface area contributed by atoms with Crippen LogP contribution in [0.5, 0.6) is 11.5 Å². The Balaban J connectivity index is 1.57. The minimum absolute atomic E-state index is 0.508. The van der Waals surface area contributed by atoms with Crippen LogP contribution in [0.2, 0.25) is 0 Å². The van der Waals surface area contributed by atoms with E-state index in [1.165, 1.54) is 0 Å². The average Bonchev–Trinajstić information content (AvgIpc) is 2.71. The van der Waals surface area contributed by atoms with Crippen LogP contribution >= 0.6 is 0 Å². The van der Waals surface area contributed by atoms with E-state index in [1.54, 1.807) is 19.5 Å². The number of pyridine rings is 1. The standard InChI is InChI=1S/C21H21N3O2/c1-25-21-15-17(9-14-23-24-19-10-12-22-13-11-19)7-8-20(21)26-16-18-5-3-2-4-6-18/h2-8,10-15H,9,16H2,1H3,(H,22,24). The molecule has 0 aliphatic heterocycles. The lowest BCUT2D eigenvalue weighted by Crippen LogP contribution is -1.99. The van der Waals surface area contributed by atoms with Gasteiger partial charge >= 0.3 is 0 Å². The summed E-state index contributed by atoms with van der Waals surface area (Å²) in [6, 6.07) is 19.7. The minimum Gasteiger partial charge on any atom is -0.493 e. The van der Waals surface area contributed by atoms with Crippen LogP contribution in [0.1, 0.15) is 11.1 Å². The van der Waals surface area contributed by atoms with Crippen molar-refractivity contribution in [1.82, 2.24) is 4.98 Å². The first kappa shape index (κ1) is 17.5. The Kier molecular flexibility index (Phi) is 6.20. The molecule has 0 spiro atoms. The van der Waals surface area contributed by atoms with Gasteiger partial charge in [0.1, 0.15) is 6.61 Å². The topological polar surface area (TPSA) is 55.7 Å². The number of rotatable bonds is 8. The van der Waals surface area contributed by atoms with Gasteiger partial charge in [-0.05, 0) is 35.4 Å². The lowest BCUT2D eigenvalue weighted by molar-refractivity contribution is 0.284. The zero-order valence-corrected chi connectivity index (χ0v) is 14.6. The summed E-state index contributed by atoms with van der Waals surface area (Å²) in [5.74, 6) is 1.45. The fraction of sp³-hybridized carbons (Fsp3) is 0.143. The van der Waals surface area contributed by atoms with Gasteiger partial charge in [0.15, 0.2) is 11.5 Å². The van der Waals surface area contributed by atoms with E-state index in [0.717, 1.165) is 22.6 Å². The summed E-state index contributed by atoms with van der Waals surface area (Å²) in [6.45, 7) is 0.508. The number of hydrazone groups is 1. The lowest BCUT2D eigenvalue weighted by atomic mass is 10.1. The molecule has 1 heterocycles. The predicted molar refractivity (Wildman–Crippen MR) is 104 cm³/mol. The summed E-state index contributed by atoms with van der Waals surface area (Å²) in [5.41, 5.74) is 6.08. The SMILES string of the molecule is COc1cc(CC=NNc2ccncc2)ccc1OCc1ccccc1. The number of hydrogen-bond acceptors (Lipinski definition) is 5. The number of aromatic nitrogens is 1. The molecule has 0 saturated heterocycles. The van der Waals surface area contributed by atoms with Gasteiger partial charge in [-0.1, -0.05) is 36.4 Å². The lowest BCUT2D eigenvalue weighted by Gasteiger charge is -2.12. The van der Waals surface area contributed by atoms with Crippen LogP contribution in [0.3, 0.4) is 0 Å². The van der Waals surface area contributed by atoms with Gasteiger partial charge in [-0.15, -0.1) is 0 Å². The van der Waals surface area contributed by atoms with Gasteiger partial charge in [-0.2, -0.15) is 5.10 Å². The van der Waals surface area contributed by atoms with Crippen molar-refractivity contribution < 1.29 is 9.47 Å². The molecule has 5 nitrogen and oxygen atoms in total. The van der Waals surface area contributed by atoms with E-state index >= 15 is 0 Å². The van der Waals surface area contributed by atoms with Crippen LogP contribution in [-0.2, 0) is 13.0 Å². The maximum atomic E-state index is 5.88. The van der Waals surface area contributed by atoms with Crippen molar-refractivity contribution in [3.63, 3.8) is 0 Å². The van der Waals surface area contributed by atoms with Crippen LogP contribution in [0, 0.1) is 0 Å². The third kappa shape index (κ3) is 5.08. The molecule has 0 aliphatic carbocycles. The summed E-state index contributed by atoms with van der Waals surface area (Å²) in [4.78, 5) is 3.97. The highest BCUT2D eigenvalue weighted by Crippen LogP contribution is 2.28. The number of ether oxygens (including phenoxy) is 2. The highest BCUT2D eigenvalue weighted by atomic mass is 16.5. The molecule has 5 heteroatoms. The van der Waals surface area contributed by atoms with Gasteiger partial charge in [-0.25, -0.2) is 0 Å². The van der Waals surface area contributed by atoms with E-state index in [0.29, 0.717) is 18.8 Å². The van der Waals surface area contributed by atoms with Crippen LogP contribution in [0.25, 0.3) is 0 Å². The quantitative estimate of drug-likeness (QED) is 0.487. The molecule has 0 bridgehead atoms. The highest BCUT2D eigenvalue weighted by Gasteiger charge is 2.06. The van der Waals surface area contributed by atoms with Gasteiger partial charge in [0.05, 0.1) is 12.8 Å². The van der Waals surface area contributed by atoms with Crippen molar-refractivity contribution >= 4 is 11.9 Å². The molecule has 2 aromatic carbocycles. The molecule has 3 rings (SSSR count). The molecule has 0 aliphatic rings. The third-order valence-corrected chi connectivity index (χ3v) is 3.76. The Hall–Kier alpha value is -3.34. The third-order valence-electron chi connectivity index (χ3n) is 3.76. The molecule has 1 aromatic heterocycles. The second-order valence-electron chi connectivity index (χ2n) is 5.62. The molecule has 132 valence electrons. The van der Waals surface area contributed by atoms with Gasteiger partial charge in [0.25, 0.3) is 0 Å². The number of nitrogens with one attached hydrogen (secondary N) is 1. The van der Waals surface area contributed by atoms with Crippen LogP contribution in [-0.4, -0.2) is 18.3 Å². The predicted octanol–water partition coefficient (Wildman–Crippen LogP) is 4.31. The summed E-state index contributed by atoms with van der Waals surface area (Å²) in [6.07, 6.45) is 5.95. The summed E-state index contributed by atoms with van der Waals surface area (Å²) in [5, 5.41) is 4.22. The molecule has 3 aromatic rings. The van der Waals surface area contributed by atoms with Gasteiger partial charge in [0, 0.05) is 25.0 Å². The number of methoxy groups -OCH3 is 1. The first-order valence-electron chi connectivity index (χ1n) is 8.36. The second kappa shape index (κ2) is 9.22. The van der Waals surface area contributed by atoms with Crippen LogP contribution < -0.4 is 14.9 Å². The smallest absolute Gasteiger partial charge is 0.161 e. The average molecular weight is 347 g/mol. The maximum absolute atomic E-state index is 5.88. The van der Waals surface area contributed by atoms with E-state index in [4.69, 9.17) is 9.47 Å². The van der Waals surface area contributed by atoms with E-state index in [1.807, 2.05) is 66.9 Å². The van der Waals surface area contributed by atoms with Crippen molar-refractivity contribution in [1.29, 1.82) is 0 Å². The molecule has 0 amide bonds. The Morgan fingerprint density at radius 1 is 0.962 bits per heavy atom. The van der Waals surface area contributed by atoms with Gasteiger partial charge < -0.3 is 9.47 Å². The van der Waals surface area contributed by atoms with Gasteiger partial charge in [0.2, 0.25) is 0 Å². The van der Waals surface area contributed by atoms with E-state index in [9.17, 15) is 0 Å². The largest absolute Gasteiger partial charge is 0.493 e. The number of hydrogen-bond donors (Lipinski definition) is 1. The normalized spacial score (nSPS) is 10.7. The van der Waals surface area contributed by atoms with E-state index < -0.39 is 0 Å². The Bertz CT molecular complexity index is 836. The molecular formula is C21H21N3O2. The maximum Gasteiger partial charge on any atom is 0.161 e. The van der Waals surface area contributed by atoms with E-state index in [-0.39, 0.29) is 0 Å². The fourth-order valence-electron chi connectivity index (χ4n) is 2.39. The minimum atomic E-state index is 0.508. The number of benzene rings is 2. The highest BCUT2D eigenvalue weighted by molar-refractivity contribution is 5.64. The van der Waals surface area contributed by atoms with Crippen molar-refractivity contribution in [2.75, 3.05) is 12.5 Å². The first-order valence-corrected chi connectivity index (χ1v) is 8.36. The van der Waals surface area contributed by atoms with Crippen molar-refractivity contribution in [2.45, 2.75) is 13.0 Å². The number of anilines is 1. The second-order valence-corrected chi connectivity index (χ2v) is 5.62. The Labute approximate surface area is 153 Å². The zero-order chi connectivity index (χ0) is 18.0. The molecule has 0 atom stereocenters. The monoisotopic (exact) mass is 347 g/mol. The van der Waals surface area contributed by atoms with E-state index in [2.05, 4.69) is 15.5 Å². The molecule has 26 heavy (non-hydrogen) atoms. The summed E-state index contributed by atoms with van der Waals surface area (Å²) < 4.78 is 11.3. The Morgan fingerprint density at radius 3 is 2.54 bits per heavy atom. The van der Waals surface area contributed by atoms with Crippen LogP contribution in [0.15, 0.2) is 78.2 Å². The van der Waals surface area contributed by atoms with Crippen LogP contribution in [0.4, 0.5) is 5.69 Å². The number of nitrogens with zero attached hydrogens (tertiary/aromatic N) is 2. The first-order chi connectivity index (χ1) is 12.8. The molecule has 0 unspecified atom stereocenters. The molecule has 0 radical (unpaired) electrons. The zero-order valence-electron chi connectivity index (χ0n) is 14.6.